The number of ketones is 1. The zero-order chi connectivity index (χ0) is 12.1. The van der Waals surface area contributed by atoms with Gasteiger partial charge in [-0.3, -0.25) is 4.79 Å². The second-order valence-corrected chi connectivity index (χ2v) is 3.13. The molecule has 0 fully saturated rings. The van der Waals surface area contributed by atoms with Gasteiger partial charge in [-0.2, -0.15) is 0 Å². The van der Waals surface area contributed by atoms with Crippen LogP contribution in [-0.4, -0.2) is 31.9 Å². The minimum Gasteiger partial charge on any atom is -0.507 e. The van der Waals surface area contributed by atoms with Gasteiger partial charge in [0.1, 0.15) is 5.75 Å². The Morgan fingerprint density at radius 2 is 2.00 bits per heavy atom. The van der Waals surface area contributed by atoms with Gasteiger partial charge in [-0.25, -0.2) is 0 Å². The predicted octanol–water partition coefficient (Wildman–Crippen LogP) is 1.59. The van der Waals surface area contributed by atoms with Crippen LogP contribution in [0.15, 0.2) is 12.1 Å². The Bertz CT molecular complexity index is 386. The molecule has 1 aromatic carbocycles. The van der Waals surface area contributed by atoms with Gasteiger partial charge in [0, 0.05) is 13.2 Å². The number of Topliss-reactive ketones (excluding diaryl/α,β-unsaturated/α-hetero) is 1. The summed E-state index contributed by atoms with van der Waals surface area (Å²) in [6.45, 7) is 1.40. The fourth-order valence-corrected chi connectivity index (χ4v) is 1.23. The Morgan fingerprint density at radius 1 is 1.31 bits per heavy atom. The Morgan fingerprint density at radius 3 is 2.50 bits per heavy atom. The molecule has 0 amide bonds. The number of carbonyl (C=O) groups excluding carboxylic acids is 1. The van der Waals surface area contributed by atoms with Crippen LogP contribution in [0.5, 0.6) is 17.2 Å². The molecule has 0 aromatic heterocycles. The van der Waals surface area contributed by atoms with E-state index >= 15 is 0 Å². The highest BCUT2D eigenvalue weighted by Gasteiger charge is 2.13. The molecule has 88 valence electrons. The fourth-order valence-electron chi connectivity index (χ4n) is 1.23. The summed E-state index contributed by atoms with van der Waals surface area (Å²) in [5.74, 6) is 0.323. The van der Waals surface area contributed by atoms with Gasteiger partial charge in [0.2, 0.25) is 0 Å². The van der Waals surface area contributed by atoms with Crippen molar-refractivity contribution in [3.8, 4) is 17.2 Å². The molecule has 0 aliphatic heterocycles. The molecule has 0 spiro atoms. The summed E-state index contributed by atoms with van der Waals surface area (Å²) in [5, 5.41) is 9.56. The normalized spacial score (nSPS) is 9.94. The largest absolute Gasteiger partial charge is 0.507 e. The maximum Gasteiger partial charge on any atom is 0.188 e. The zero-order valence-corrected chi connectivity index (χ0v) is 9.44. The maximum atomic E-state index is 11.2. The minimum absolute atomic E-state index is 0.0402. The van der Waals surface area contributed by atoms with Crippen LogP contribution in [0.4, 0.5) is 0 Å². The molecule has 0 bridgehead atoms. The molecule has 16 heavy (non-hydrogen) atoms. The number of carbonyl (C=O) groups is 1. The van der Waals surface area contributed by atoms with Gasteiger partial charge in [0.05, 0.1) is 12.7 Å². The minimum atomic E-state index is -0.248. The second-order valence-electron chi connectivity index (χ2n) is 3.13. The molecule has 1 rings (SSSR count). The summed E-state index contributed by atoms with van der Waals surface area (Å²) in [6.07, 6.45) is 0. The topological polar surface area (TPSA) is 65.0 Å². The van der Waals surface area contributed by atoms with Gasteiger partial charge < -0.3 is 19.3 Å². The van der Waals surface area contributed by atoms with Crippen LogP contribution < -0.4 is 9.47 Å². The van der Waals surface area contributed by atoms with E-state index in [1.807, 2.05) is 0 Å². The van der Waals surface area contributed by atoms with E-state index < -0.39 is 0 Å². The molecule has 0 saturated heterocycles. The van der Waals surface area contributed by atoms with E-state index in [0.717, 1.165) is 0 Å². The summed E-state index contributed by atoms with van der Waals surface area (Å²) in [4.78, 5) is 11.2. The number of hydrogen-bond donors (Lipinski definition) is 1. The smallest absolute Gasteiger partial charge is 0.188 e. The first-order valence-corrected chi connectivity index (χ1v) is 4.63. The van der Waals surface area contributed by atoms with E-state index in [4.69, 9.17) is 14.2 Å². The van der Waals surface area contributed by atoms with Gasteiger partial charge in [-0.05, 0) is 13.0 Å². The molecule has 0 heterocycles. The van der Waals surface area contributed by atoms with Crippen LogP contribution in [0.25, 0.3) is 0 Å². The lowest BCUT2D eigenvalue weighted by atomic mass is 10.1. The van der Waals surface area contributed by atoms with E-state index in [1.165, 1.54) is 33.3 Å². The van der Waals surface area contributed by atoms with Gasteiger partial charge >= 0.3 is 0 Å². The quantitative estimate of drug-likeness (QED) is 0.610. The number of aromatic hydroxyl groups is 1. The van der Waals surface area contributed by atoms with Crippen LogP contribution in [-0.2, 0) is 4.74 Å². The first kappa shape index (κ1) is 12.3. The third kappa shape index (κ3) is 2.64. The van der Waals surface area contributed by atoms with Crippen molar-refractivity contribution in [1.29, 1.82) is 0 Å². The zero-order valence-electron chi connectivity index (χ0n) is 9.44. The first-order valence-electron chi connectivity index (χ1n) is 4.63. The van der Waals surface area contributed by atoms with Crippen LogP contribution in [0, 0.1) is 0 Å². The highest BCUT2D eigenvalue weighted by molar-refractivity contribution is 5.97. The first-order chi connectivity index (χ1) is 7.60. The monoisotopic (exact) mass is 226 g/mol. The molecular formula is C11H14O5. The lowest BCUT2D eigenvalue weighted by molar-refractivity contribution is 0.0490. The van der Waals surface area contributed by atoms with Crippen molar-refractivity contribution in [2.45, 2.75) is 6.92 Å². The van der Waals surface area contributed by atoms with Gasteiger partial charge in [0.15, 0.2) is 24.1 Å². The van der Waals surface area contributed by atoms with E-state index in [9.17, 15) is 9.90 Å². The summed E-state index contributed by atoms with van der Waals surface area (Å²) in [7, 11) is 2.93. The average molecular weight is 226 g/mol. The fraction of sp³-hybridized carbons (Fsp3) is 0.364. The third-order valence-electron chi connectivity index (χ3n) is 1.99. The van der Waals surface area contributed by atoms with Crippen LogP contribution >= 0.6 is 0 Å². The number of ether oxygens (including phenoxy) is 3. The van der Waals surface area contributed by atoms with Crippen molar-refractivity contribution in [1.82, 2.24) is 0 Å². The van der Waals surface area contributed by atoms with Crippen LogP contribution in [0.1, 0.15) is 17.3 Å². The van der Waals surface area contributed by atoms with E-state index in [1.54, 1.807) is 0 Å². The van der Waals surface area contributed by atoms with Crippen molar-refractivity contribution in [3.05, 3.63) is 17.7 Å². The van der Waals surface area contributed by atoms with Gasteiger partial charge in [-0.15, -0.1) is 0 Å². The highest BCUT2D eigenvalue weighted by atomic mass is 16.7. The molecule has 0 atom stereocenters. The Labute approximate surface area is 93.6 Å². The Kier molecular flexibility index (Phi) is 4.13. The summed E-state index contributed by atoms with van der Waals surface area (Å²) in [6, 6.07) is 2.76. The molecule has 0 unspecified atom stereocenters. The van der Waals surface area contributed by atoms with E-state index in [0.29, 0.717) is 11.5 Å². The predicted molar refractivity (Wildman–Crippen MR) is 57.2 cm³/mol. The number of phenolic OH excluding ortho intramolecular Hbond substituents is 1. The van der Waals surface area contributed by atoms with Crippen molar-refractivity contribution in [2.75, 3.05) is 21.0 Å². The van der Waals surface area contributed by atoms with E-state index in [2.05, 4.69) is 0 Å². The standard InChI is InChI=1S/C11H14O5/c1-7(12)8-4-11(16-6-14-2)10(15-3)5-9(8)13/h4-5,13H,6H2,1-3H3. The van der Waals surface area contributed by atoms with Gasteiger partial charge in [-0.1, -0.05) is 0 Å². The van der Waals surface area contributed by atoms with Gasteiger partial charge in [0.25, 0.3) is 0 Å². The summed E-state index contributed by atoms with van der Waals surface area (Å²) in [5.41, 5.74) is 0.187. The molecule has 5 nitrogen and oxygen atoms in total. The van der Waals surface area contributed by atoms with Crippen molar-refractivity contribution in [3.63, 3.8) is 0 Å². The molecular weight excluding hydrogens is 212 g/mol. The number of phenols is 1. The third-order valence-corrected chi connectivity index (χ3v) is 1.99. The molecule has 5 heteroatoms. The van der Waals surface area contributed by atoms with Crippen molar-refractivity contribution in [2.24, 2.45) is 0 Å². The molecule has 1 aromatic rings. The molecule has 0 aliphatic rings. The van der Waals surface area contributed by atoms with E-state index in [-0.39, 0.29) is 23.9 Å². The lowest BCUT2D eigenvalue weighted by Gasteiger charge is -2.12. The average Bonchev–Trinajstić information content (AvgIpc) is 2.26. The lowest BCUT2D eigenvalue weighted by Crippen LogP contribution is -2.02. The van der Waals surface area contributed by atoms with Crippen molar-refractivity contribution < 1.29 is 24.1 Å². The van der Waals surface area contributed by atoms with Crippen LogP contribution in [0.3, 0.4) is 0 Å². The maximum absolute atomic E-state index is 11.2. The molecule has 0 radical (unpaired) electrons. The Balaban J connectivity index is 3.12. The highest BCUT2D eigenvalue weighted by Crippen LogP contribution is 2.34. The summed E-state index contributed by atoms with van der Waals surface area (Å²) < 4.78 is 15.0. The number of hydrogen-bond acceptors (Lipinski definition) is 5. The SMILES string of the molecule is COCOc1cc(C(C)=O)c(O)cc1OC. The number of methoxy groups -OCH3 is 2. The number of rotatable bonds is 5. The summed E-state index contributed by atoms with van der Waals surface area (Å²) >= 11 is 0. The Hall–Kier alpha value is -1.75. The number of benzene rings is 1. The second kappa shape index (κ2) is 5.37. The molecule has 0 aliphatic carbocycles. The van der Waals surface area contributed by atoms with Crippen molar-refractivity contribution >= 4 is 5.78 Å². The molecule has 0 saturated carbocycles. The molecule has 1 N–H and O–H groups in total. The van der Waals surface area contributed by atoms with Crippen LogP contribution in [0.2, 0.25) is 0 Å².